The van der Waals surface area contributed by atoms with Crippen LogP contribution in [0.15, 0.2) is 162 Å². The lowest BCUT2D eigenvalue weighted by Crippen LogP contribution is -2.14. The molecule has 0 amide bonds. The molecule has 0 radical (unpaired) electrons. The molecule has 226 valence electrons. The Balaban J connectivity index is 1.19. The van der Waals surface area contributed by atoms with E-state index in [4.69, 9.17) is 4.42 Å². The van der Waals surface area contributed by atoms with Crippen molar-refractivity contribution >= 4 is 43.5 Å². The molecule has 0 saturated carbocycles. The quantitative estimate of drug-likeness (QED) is 0.181. The van der Waals surface area contributed by atoms with Gasteiger partial charge in [-0.1, -0.05) is 153 Å². The van der Waals surface area contributed by atoms with Crippen LogP contribution in [-0.2, 0) is 5.41 Å². The summed E-state index contributed by atoms with van der Waals surface area (Å²) >= 11 is 0. The Morgan fingerprint density at radius 3 is 1.69 bits per heavy atom. The first-order valence-corrected chi connectivity index (χ1v) is 16.8. The normalized spacial score (nSPS) is 13.4. The van der Waals surface area contributed by atoms with Crippen LogP contribution in [0.25, 0.3) is 88.0 Å². The van der Waals surface area contributed by atoms with Gasteiger partial charge >= 0.3 is 0 Å². The maximum atomic E-state index is 6.89. The first-order valence-electron chi connectivity index (χ1n) is 16.8. The van der Waals surface area contributed by atoms with Gasteiger partial charge < -0.3 is 4.42 Å². The highest BCUT2D eigenvalue weighted by molar-refractivity contribution is 6.24. The molecule has 1 aromatic heterocycles. The largest absolute Gasteiger partial charge is 0.455 e. The van der Waals surface area contributed by atoms with Crippen LogP contribution in [0.2, 0.25) is 0 Å². The van der Waals surface area contributed by atoms with Crippen LogP contribution in [0.1, 0.15) is 25.0 Å². The average molecular weight is 613 g/mol. The maximum Gasteiger partial charge on any atom is 0.143 e. The van der Waals surface area contributed by atoms with Gasteiger partial charge in [0, 0.05) is 27.3 Å². The van der Waals surface area contributed by atoms with Gasteiger partial charge in [-0.25, -0.2) is 0 Å². The topological polar surface area (TPSA) is 13.1 Å². The summed E-state index contributed by atoms with van der Waals surface area (Å²) in [4.78, 5) is 0. The summed E-state index contributed by atoms with van der Waals surface area (Å²) in [7, 11) is 0. The molecule has 1 aliphatic carbocycles. The van der Waals surface area contributed by atoms with E-state index in [9.17, 15) is 0 Å². The second-order valence-electron chi connectivity index (χ2n) is 13.6. The van der Waals surface area contributed by atoms with Gasteiger partial charge in [-0.05, 0) is 84.3 Å². The van der Waals surface area contributed by atoms with Gasteiger partial charge in [0.05, 0.1) is 0 Å². The van der Waals surface area contributed by atoms with E-state index in [1.54, 1.807) is 0 Å². The average Bonchev–Trinajstić information content (AvgIpc) is 3.62. The molecule has 0 bridgehead atoms. The van der Waals surface area contributed by atoms with E-state index < -0.39 is 0 Å². The number of rotatable bonds is 3. The highest BCUT2D eigenvalue weighted by Gasteiger charge is 2.35. The fourth-order valence-corrected chi connectivity index (χ4v) is 8.41. The molecule has 0 fully saturated rings. The second kappa shape index (κ2) is 10.0. The molecular weight excluding hydrogens is 581 g/mol. The molecule has 1 nitrogen and oxygen atoms in total. The molecule has 48 heavy (non-hydrogen) atoms. The molecule has 0 N–H and O–H groups in total. The van der Waals surface area contributed by atoms with E-state index >= 15 is 0 Å². The summed E-state index contributed by atoms with van der Waals surface area (Å²) in [6.07, 6.45) is 0. The van der Waals surface area contributed by atoms with Crippen LogP contribution in [0.3, 0.4) is 0 Å². The van der Waals surface area contributed by atoms with Crippen molar-refractivity contribution in [3.05, 3.63) is 169 Å². The number of furan rings is 1. The number of hydrogen-bond donors (Lipinski definition) is 0. The summed E-state index contributed by atoms with van der Waals surface area (Å²) in [6.45, 7) is 4.66. The molecule has 0 unspecified atom stereocenters. The minimum atomic E-state index is -0.00279. The van der Waals surface area contributed by atoms with Crippen LogP contribution in [-0.4, -0.2) is 0 Å². The molecule has 0 atom stereocenters. The van der Waals surface area contributed by atoms with Crippen molar-refractivity contribution in [2.24, 2.45) is 0 Å². The fourth-order valence-electron chi connectivity index (χ4n) is 8.41. The molecule has 0 spiro atoms. The number of fused-ring (bicyclic) bond motifs is 8. The van der Waals surface area contributed by atoms with Crippen molar-refractivity contribution in [1.29, 1.82) is 0 Å². The van der Waals surface area contributed by atoms with E-state index in [-0.39, 0.29) is 5.41 Å². The first-order chi connectivity index (χ1) is 23.6. The minimum absolute atomic E-state index is 0.00279. The van der Waals surface area contributed by atoms with E-state index in [0.717, 1.165) is 33.1 Å². The smallest absolute Gasteiger partial charge is 0.143 e. The third-order valence-corrected chi connectivity index (χ3v) is 10.7. The summed E-state index contributed by atoms with van der Waals surface area (Å²) < 4.78 is 6.89. The van der Waals surface area contributed by atoms with Crippen molar-refractivity contribution in [2.45, 2.75) is 19.3 Å². The van der Waals surface area contributed by atoms with Crippen LogP contribution >= 0.6 is 0 Å². The van der Waals surface area contributed by atoms with Gasteiger partial charge in [-0.2, -0.15) is 0 Å². The van der Waals surface area contributed by atoms with Gasteiger partial charge in [-0.3, -0.25) is 0 Å². The molecule has 0 saturated heterocycles. The third-order valence-electron chi connectivity index (χ3n) is 10.7. The molecule has 0 aliphatic heterocycles. The molecular formula is C47H32O. The zero-order valence-electron chi connectivity index (χ0n) is 26.9. The minimum Gasteiger partial charge on any atom is -0.455 e. The highest BCUT2D eigenvalue weighted by Crippen LogP contribution is 2.50. The Labute approximate surface area is 279 Å². The standard InChI is InChI=1S/C47H32O/c1-47(2)41-22-11-10-15-32(41)40-27-30(24-26-42(40)47)31-23-25-33-38-20-12-21-39(46(38)48-43(33)28-31)45-36-18-8-6-16-34(36)44(29-13-4-3-5-14-29)35-17-7-9-19-37(35)45/h3-28H,1-2H3. The summed E-state index contributed by atoms with van der Waals surface area (Å²) in [5.74, 6) is 0. The fraction of sp³-hybridized carbons (Fsp3) is 0.0638. The lowest BCUT2D eigenvalue weighted by molar-refractivity contribution is 0.660. The predicted molar refractivity (Wildman–Crippen MR) is 203 cm³/mol. The van der Waals surface area contributed by atoms with E-state index in [2.05, 4.69) is 172 Å². The van der Waals surface area contributed by atoms with Crippen LogP contribution < -0.4 is 0 Å². The summed E-state index contributed by atoms with van der Waals surface area (Å²) in [6, 6.07) is 57.5. The van der Waals surface area contributed by atoms with Gasteiger partial charge in [0.2, 0.25) is 0 Å². The van der Waals surface area contributed by atoms with Gasteiger partial charge in [0.25, 0.3) is 0 Å². The van der Waals surface area contributed by atoms with E-state index in [0.29, 0.717) is 0 Å². The molecule has 1 heteroatoms. The number of hydrogen-bond acceptors (Lipinski definition) is 1. The van der Waals surface area contributed by atoms with E-state index in [1.165, 1.54) is 66.1 Å². The van der Waals surface area contributed by atoms with Gasteiger partial charge in [-0.15, -0.1) is 0 Å². The van der Waals surface area contributed by atoms with Crippen molar-refractivity contribution < 1.29 is 4.42 Å². The van der Waals surface area contributed by atoms with Crippen molar-refractivity contribution in [1.82, 2.24) is 0 Å². The third kappa shape index (κ3) is 3.79. The van der Waals surface area contributed by atoms with Crippen LogP contribution in [0.5, 0.6) is 0 Å². The van der Waals surface area contributed by atoms with Gasteiger partial charge in [0.1, 0.15) is 11.2 Å². The molecule has 9 aromatic rings. The summed E-state index contributed by atoms with van der Waals surface area (Å²) in [5.41, 5.74) is 14.5. The SMILES string of the molecule is CC1(C)c2ccccc2-c2cc(-c3ccc4c(c3)oc3c(-c5c6ccccc6c(-c6ccccc6)c6ccccc56)cccc34)ccc21. The Bertz CT molecular complexity index is 2690. The molecule has 10 rings (SSSR count). The lowest BCUT2D eigenvalue weighted by Gasteiger charge is -2.21. The number of para-hydroxylation sites is 1. The summed E-state index contributed by atoms with van der Waals surface area (Å²) in [5, 5.41) is 7.22. The van der Waals surface area contributed by atoms with Crippen LogP contribution in [0, 0.1) is 0 Å². The first kappa shape index (κ1) is 27.2. The lowest BCUT2D eigenvalue weighted by atomic mass is 9.82. The molecule has 1 aliphatic rings. The monoisotopic (exact) mass is 612 g/mol. The molecule has 8 aromatic carbocycles. The van der Waals surface area contributed by atoms with E-state index in [1.807, 2.05) is 0 Å². The second-order valence-corrected chi connectivity index (χ2v) is 13.6. The Morgan fingerprint density at radius 2 is 0.938 bits per heavy atom. The molecule has 1 heterocycles. The van der Waals surface area contributed by atoms with Crippen LogP contribution in [0.4, 0.5) is 0 Å². The van der Waals surface area contributed by atoms with Gasteiger partial charge in [0.15, 0.2) is 0 Å². The number of benzene rings is 8. The van der Waals surface area contributed by atoms with Crippen molar-refractivity contribution in [3.63, 3.8) is 0 Å². The van der Waals surface area contributed by atoms with Crippen molar-refractivity contribution in [3.8, 4) is 44.5 Å². The Kier molecular flexibility index (Phi) is 5.69. The zero-order chi connectivity index (χ0) is 32.0. The maximum absolute atomic E-state index is 6.89. The Hall–Kier alpha value is -5.92. The Morgan fingerprint density at radius 1 is 0.375 bits per heavy atom. The van der Waals surface area contributed by atoms with Crippen molar-refractivity contribution in [2.75, 3.05) is 0 Å². The predicted octanol–water partition coefficient (Wildman–Crippen LogP) is 13.2. The highest BCUT2D eigenvalue weighted by atomic mass is 16.3. The zero-order valence-corrected chi connectivity index (χ0v) is 26.9.